The van der Waals surface area contributed by atoms with E-state index in [0.717, 1.165) is 11.1 Å². The topological polar surface area (TPSA) is 78.4 Å². The number of nitrogens with zero attached hydrogens (tertiary/aromatic N) is 1. The van der Waals surface area contributed by atoms with Crippen molar-refractivity contribution in [2.45, 2.75) is 13.5 Å². The zero-order chi connectivity index (χ0) is 22.6. The van der Waals surface area contributed by atoms with Crippen molar-refractivity contribution in [2.75, 3.05) is 20.3 Å². The Hall–Kier alpha value is -4.00. The van der Waals surface area contributed by atoms with E-state index in [2.05, 4.69) is 10.5 Å². The minimum atomic E-state index is -0.370. The lowest BCUT2D eigenvalue weighted by molar-refractivity contribution is -0.123. The molecule has 0 saturated heterocycles. The summed E-state index contributed by atoms with van der Waals surface area (Å²) in [5.41, 5.74) is 4.28. The second-order valence-corrected chi connectivity index (χ2v) is 6.67. The fourth-order valence-electron chi connectivity index (χ4n) is 2.76. The predicted molar refractivity (Wildman–Crippen MR) is 123 cm³/mol. The van der Waals surface area contributed by atoms with E-state index in [-0.39, 0.29) is 12.5 Å². The molecule has 0 heterocycles. The lowest BCUT2D eigenvalue weighted by Crippen LogP contribution is -2.24. The smallest absolute Gasteiger partial charge is 0.277 e. The Kier molecular flexibility index (Phi) is 8.50. The molecule has 3 aromatic carbocycles. The van der Waals surface area contributed by atoms with Crippen LogP contribution in [0.25, 0.3) is 0 Å². The highest BCUT2D eigenvalue weighted by Gasteiger charge is 2.07. The summed E-state index contributed by atoms with van der Waals surface area (Å²) in [6, 6.07) is 22.4. The number of nitrogens with one attached hydrogen (secondary N) is 1. The summed E-state index contributed by atoms with van der Waals surface area (Å²) >= 11 is 0. The molecule has 0 unspecified atom stereocenters. The molecule has 3 aromatic rings. The lowest BCUT2D eigenvalue weighted by atomic mass is 10.2. The number of carbonyl (C=O) groups excluding carboxylic acids is 1. The average molecular weight is 434 g/mol. The highest BCUT2D eigenvalue weighted by Crippen LogP contribution is 2.29. The van der Waals surface area contributed by atoms with Gasteiger partial charge in [0, 0.05) is 0 Å². The maximum absolute atomic E-state index is 12.0. The average Bonchev–Trinajstić information content (AvgIpc) is 2.83. The van der Waals surface area contributed by atoms with Gasteiger partial charge in [-0.1, -0.05) is 30.3 Å². The second-order valence-electron chi connectivity index (χ2n) is 6.67. The van der Waals surface area contributed by atoms with Gasteiger partial charge in [-0.2, -0.15) is 5.10 Å². The van der Waals surface area contributed by atoms with Crippen LogP contribution in [0.5, 0.6) is 23.0 Å². The van der Waals surface area contributed by atoms with E-state index in [1.807, 2.05) is 55.5 Å². The first-order valence-electron chi connectivity index (χ1n) is 10.2. The third-order valence-corrected chi connectivity index (χ3v) is 4.34. The van der Waals surface area contributed by atoms with E-state index in [4.69, 9.17) is 18.9 Å². The Bertz CT molecular complexity index is 1020. The van der Waals surface area contributed by atoms with Crippen molar-refractivity contribution in [3.63, 3.8) is 0 Å². The van der Waals surface area contributed by atoms with Crippen LogP contribution in [0.4, 0.5) is 0 Å². The summed E-state index contributed by atoms with van der Waals surface area (Å²) in [4.78, 5) is 12.0. The molecule has 7 nitrogen and oxygen atoms in total. The van der Waals surface area contributed by atoms with Gasteiger partial charge >= 0.3 is 0 Å². The molecule has 0 fully saturated rings. The third kappa shape index (κ3) is 7.05. The van der Waals surface area contributed by atoms with Gasteiger partial charge in [-0.05, 0) is 60.5 Å². The monoisotopic (exact) mass is 434 g/mol. The van der Waals surface area contributed by atoms with E-state index in [1.54, 1.807) is 31.4 Å². The van der Waals surface area contributed by atoms with Gasteiger partial charge in [-0.15, -0.1) is 0 Å². The van der Waals surface area contributed by atoms with Crippen LogP contribution in [-0.4, -0.2) is 32.4 Å². The summed E-state index contributed by atoms with van der Waals surface area (Å²) in [5.74, 6) is 2.17. The van der Waals surface area contributed by atoms with Crippen LogP contribution >= 0.6 is 0 Å². The Morgan fingerprint density at radius 1 is 0.906 bits per heavy atom. The van der Waals surface area contributed by atoms with Gasteiger partial charge in [0.1, 0.15) is 18.1 Å². The molecule has 0 aromatic heterocycles. The van der Waals surface area contributed by atoms with Gasteiger partial charge in [0.25, 0.3) is 5.91 Å². The summed E-state index contributed by atoms with van der Waals surface area (Å²) in [6.45, 7) is 2.70. The van der Waals surface area contributed by atoms with Crippen LogP contribution < -0.4 is 24.4 Å². The molecule has 32 heavy (non-hydrogen) atoms. The van der Waals surface area contributed by atoms with Crippen molar-refractivity contribution in [3.8, 4) is 23.0 Å². The van der Waals surface area contributed by atoms with Crippen LogP contribution in [-0.2, 0) is 11.4 Å². The van der Waals surface area contributed by atoms with Crippen LogP contribution in [0, 0.1) is 0 Å². The predicted octanol–water partition coefficient (Wildman–Crippen LogP) is 4.20. The lowest BCUT2D eigenvalue weighted by Gasteiger charge is -2.12. The summed E-state index contributed by atoms with van der Waals surface area (Å²) in [5, 5.41) is 3.98. The molecule has 0 atom stereocenters. The fourth-order valence-corrected chi connectivity index (χ4v) is 2.76. The summed E-state index contributed by atoms with van der Waals surface area (Å²) < 4.78 is 22.1. The van der Waals surface area contributed by atoms with Gasteiger partial charge in [-0.3, -0.25) is 4.79 Å². The molecule has 0 aliphatic heterocycles. The number of benzene rings is 3. The van der Waals surface area contributed by atoms with E-state index >= 15 is 0 Å². The maximum atomic E-state index is 12.0. The molecule has 0 bridgehead atoms. The molecule has 1 amide bonds. The number of rotatable bonds is 11. The molecule has 7 heteroatoms. The number of hydrazone groups is 1. The Labute approximate surface area is 187 Å². The van der Waals surface area contributed by atoms with Crippen molar-refractivity contribution >= 4 is 12.1 Å². The van der Waals surface area contributed by atoms with E-state index < -0.39 is 0 Å². The molecule has 0 spiro atoms. The standard InChI is InChI=1S/C25H26N2O5/c1-3-30-24-15-20(9-14-23(24)32-17-19-7-5-4-6-8-19)16-26-27-25(28)18-31-22-12-10-21(29-2)11-13-22/h4-16H,3,17-18H2,1-2H3,(H,27,28)/b26-16+. The number of carbonyl (C=O) groups is 1. The Balaban J connectivity index is 1.52. The molecule has 166 valence electrons. The van der Waals surface area contributed by atoms with Gasteiger partial charge in [0.05, 0.1) is 19.9 Å². The number of methoxy groups -OCH3 is 1. The van der Waals surface area contributed by atoms with Crippen molar-refractivity contribution in [2.24, 2.45) is 5.10 Å². The van der Waals surface area contributed by atoms with Crippen LogP contribution in [0.2, 0.25) is 0 Å². The first kappa shape index (κ1) is 22.7. The zero-order valence-electron chi connectivity index (χ0n) is 18.1. The minimum Gasteiger partial charge on any atom is -0.497 e. The quantitative estimate of drug-likeness (QED) is 0.361. The zero-order valence-corrected chi connectivity index (χ0v) is 18.1. The molecular formula is C25H26N2O5. The van der Waals surface area contributed by atoms with Crippen molar-refractivity contribution in [3.05, 3.63) is 83.9 Å². The Morgan fingerprint density at radius 2 is 1.66 bits per heavy atom. The van der Waals surface area contributed by atoms with Crippen LogP contribution in [0.15, 0.2) is 77.9 Å². The van der Waals surface area contributed by atoms with Crippen LogP contribution in [0.1, 0.15) is 18.1 Å². The minimum absolute atomic E-state index is 0.153. The summed E-state index contributed by atoms with van der Waals surface area (Å²) in [6.07, 6.45) is 1.54. The SMILES string of the molecule is CCOc1cc(/C=N/NC(=O)COc2ccc(OC)cc2)ccc1OCc1ccccc1. The highest BCUT2D eigenvalue weighted by atomic mass is 16.5. The van der Waals surface area contributed by atoms with Crippen molar-refractivity contribution < 1.29 is 23.7 Å². The summed E-state index contributed by atoms with van der Waals surface area (Å²) in [7, 11) is 1.59. The van der Waals surface area contributed by atoms with E-state index in [9.17, 15) is 4.79 Å². The molecule has 0 radical (unpaired) electrons. The highest BCUT2D eigenvalue weighted by molar-refractivity contribution is 5.83. The molecule has 0 aliphatic carbocycles. The van der Waals surface area contributed by atoms with Gasteiger partial charge in [0.2, 0.25) is 0 Å². The first-order valence-corrected chi connectivity index (χ1v) is 10.2. The number of ether oxygens (including phenoxy) is 4. The number of hydrogen-bond acceptors (Lipinski definition) is 6. The molecule has 0 aliphatic rings. The van der Waals surface area contributed by atoms with Gasteiger partial charge in [-0.25, -0.2) is 5.43 Å². The molecule has 3 rings (SSSR count). The van der Waals surface area contributed by atoms with Gasteiger partial charge < -0.3 is 18.9 Å². The molecular weight excluding hydrogens is 408 g/mol. The second kappa shape index (κ2) is 12.0. The normalized spacial score (nSPS) is 10.6. The first-order chi connectivity index (χ1) is 15.7. The van der Waals surface area contributed by atoms with Crippen molar-refractivity contribution in [1.29, 1.82) is 0 Å². The molecule has 0 saturated carbocycles. The molecule has 1 N–H and O–H groups in total. The van der Waals surface area contributed by atoms with E-state index in [0.29, 0.717) is 36.2 Å². The third-order valence-electron chi connectivity index (χ3n) is 4.34. The fraction of sp³-hybridized carbons (Fsp3) is 0.200. The number of amides is 1. The van der Waals surface area contributed by atoms with E-state index in [1.165, 1.54) is 6.21 Å². The van der Waals surface area contributed by atoms with Crippen LogP contribution in [0.3, 0.4) is 0 Å². The maximum Gasteiger partial charge on any atom is 0.277 e. The van der Waals surface area contributed by atoms with Gasteiger partial charge in [0.15, 0.2) is 18.1 Å². The number of hydrogen-bond donors (Lipinski definition) is 1. The largest absolute Gasteiger partial charge is 0.497 e. The van der Waals surface area contributed by atoms with Crippen molar-refractivity contribution in [1.82, 2.24) is 5.43 Å². The Morgan fingerprint density at radius 3 is 2.38 bits per heavy atom.